The maximum atomic E-state index is 12.0. The van der Waals surface area contributed by atoms with Crippen LogP contribution in [-0.4, -0.2) is 36.2 Å². The first-order valence-corrected chi connectivity index (χ1v) is 7.61. The second-order valence-corrected chi connectivity index (χ2v) is 5.46. The molecule has 0 saturated carbocycles. The number of cyclic esters (lactones) is 1. The lowest BCUT2D eigenvalue weighted by atomic mass is 10.0. The van der Waals surface area contributed by atoms with E-state index in [1.54, 1.807) is 18.2 Å². The van der Waals surface area contributed by atoms with Gasteiger partial charge in [0.2, 0.25) is 0 Å². The van der Waals surface area contributed by atoms with E-state index in [2.05, 4.69) is 11.9 Å². The van der Waals surface area contributed by atoms with Gasteiger partial charge in [-0.25, -0.2) is 4.79 Å². The van der Waals surface area contributed by atoms with Crippen LogP contribution in [0.5, 0.6) is 5.75 Å². The van der Waals surface area contributed by atoms with E-state index in [1.807, 2.05) is 24.3 Å². The van der Waals surface area contributed by atoms with Gasteiger partial charge in [-0.1, -0.05) is 13.3 Å². The van der Waals surface area contributed by atoms with Crippen molar-refractivity contribution >= 4 is 17.0 Å². The summed E-state index contributed by atoms with van der Waals surface area (Å²) in [4.78, 5) is 18.1. The number of pyridine rings is 1. The predicted molar refractivity (Wildman–Crippen MR) is 84.0 cm³/mol. The van der Waals surface area contributed by atoms with Crippen molar-refractivity contribution in [1.29, 1.82) is 0 Å². The minimum Gasteiger partial charge on any atom is -0.497 e. The highest BCUT2D eigenvalue weighted by Crippen LogP contribution is 2.32. The van der Waals surface area contributed by atoms with Crippen LogP contribution in [0.15, 0.2) is 30.5 Å². The van der Waals surface area contributed by atoms with E-state index >= 15 is 0 Å². The number of carbonyl (C=O) groups is 1. The molecule has 1 unspecified atom stereocenters. The molecule has 0 aliphatic carbocycles. The van der Waals surface area contributed by atoms with Gasteiger partial charge in [0.1, 0.15) is 11.9 Å². The molecule has 1 saturated heterocycles. The molecule has 1 aromatic heterocycles. The highest BCUT2D eigenvalue weighted by Gasteiger charge is 2.32. The Morgan fingerprint density at radius 3 is 3.05 bits per heavy atom. The number of aromatic nitrogens is 1. The molecular formula is C17H20N2O3. The van der Waals surface area contributed by atoms with Crippen molar-refractivity contribution in [3.8, 4) is 5.75 Å². The molecule has 5 heteroatoms. The van der Waals surface area contributed by atoms with Crippen molar-refractivity contribution in [2.24, 2.45) is 0 Å². The average Bonchev–Trinajstić information content (AvgIpc) is 2.92. The summed E-state index contributed by atoms with van der Waals surface area (Å²) in [6, 6.07) is 7.67. The van der Waals surface area contributed by atoms with Gasteiger partial charge in [-0.2, -0.15) is 0 Å². The summed E-state index contributed by atoms with van der Waals surface area (Å²) < 4.78 is 10.8. The fourth-order valence-electron chi connectivity index (χ4n) is 2.76. The minimum atomic E-state index is -0.248. The molecule has 1 amide bonds. The number of methoxy groups -OCH3 is 1. The molecule has 1 aliphatic rings. The summed E-state index contributed by atoms with van der Waals surface area (Å²) in [5.74, 6) is 0.772. The first-order chi connectivity index (χ1) is 10.7. The monoisotopic (exact) mass is 300 g/mol. The maximum absolute atomic E-state index is 12.0. The van der Waals surface area contributed by atoms with Crippen molar-refractivity contribution in [1.82, 2.24) is 9.88 Å². The van der Waals surface area contributed by atoms with Crippen molar-refractivity contribution in [3.05, 3.63) is 36.0 Å². The summed E-state index contributed by atoms with van der Waals surface area (Å²) in [6.45, 7) is 3.45. The quantitative estimate of drug-likeness (QED) is 0.847. The fraction of sp³-hybridized carbons (Fsp3) is 0.412. The zero-order chi connectivity index (χ0) is 15.5. The zero-order valence-electron chi connectivity index (χ0n) is 12.9. The molecule has 3 rings (SSSR count). The summed E-state index contributed by atoms with van der Waals surface area (Å²) >= 11 is 0. The number of ether oxygens (including phenoxy) is 2. The normalized spacial score (nSPS) is 17.8. The van der Waals surface area contributed by atoms with Crippen molar-refractivity contribution in [2.45, 2.75) is 25.9 Å². The molecule has 2 aromatic rings. The number of hydrogen-bond acceptors (Lipinski definition) is 4. The lowest BCUT2D eigenvalue weighted by Gasteiger charge is -2.13. The summed E-state index contributed by atoms with van der Waals surface area (Å²) in [5.41, 5.74) is 1.86. The van der Waals surface area contributed by atoms with E-state index in [0.29, 0.717) is 6.54 Å². The third-order valence-electron chi connectivity index (χ3n) is 4.00. The number of unbranched alkanes of at least 4 members (excludes halogenated alkanes) is 1. The summed E-state index contributed by atoms with van der Waals surface area (Å²) in [6.07, 6.45) is 3.33. The molecule has 1 aliphatic heterocycles. The second-order valence-electron chi connectivity index (χ2n) is 5.46. The third-order valence-corrected chi connectivity index (χ3v) is 4.00. The molecule has 2 heterocycles. The van der Waals surface area contributed by atoms with E-state index in [0.717, 1.165) is 41.6 Å². The van der Waals surface area contributed by atoms with Crippen LogP contribution in [0.25, 0.3) is 10.9 Å². The van der Waals surface area contributed by atoms with Crippen LogP contribution in [0.2, 0.25) is 0 Å². The number of carbonyl (C=O) groups excluding carboxylic acids is 1. The molecule has 0 N–H and O–H groups in total. The first-order valence-electron chi connectivity index (χ1n) is 7.61. The Labute approximate surface area is 129 Å². The van der Waals surface area contributed by atoms with Gasteiger partial charge < -0.3 is 14.4 Å². The van der Waals surface area contributed by atoms with Crippen LogP contribution < -0.4 is 4.74 Å². The van der Waals surface area contributed by atoms with Gasteiger partial charge in [0.25, 0.3) is 0 Å². The van der Waals surface area contributed by atoms with Crippen LogP contribution in [0.3, 0.4) is 0 Å². The number of nitrogens with zero attached hydrogens (tertiary/aromatic N) is 2. The summed E-state index contributed by atoms with van der Waals surface area (Å²) in [7, 11) is 1.64. The largest absolute Gasteiger partial charge is 0.497 e. The van der Waals surface area contributed by atoms with Crippen LogP contribution >= 0.6 is 0 Å². The Bertz CT molecular complexity index is 687. The van der Waals surface area contributed by atoms with Crippen molar-refractivity contribution in [2.75, 3.05) is 20.2 Å². The molecule has 0 spiro atoms. The number of fused-ring (bicyclic) bond motifs is 1. The van der Waals surface area contributed by atoms with E-state index in [1.165, 1.54) is 0 Å². The third kappa shape index (κ3) is 2.71. The highest BCUT2D eigenvalue weighted by molar-refractivity contribution is 5.84. The molecule has 1 fully saturated rings. The Morgan fingerprint density at radius 2 is 2.27 bits per heavy atom. The smallest absolute Gasteiger partial charge is 0.410 e. The van der Waals surface area contributed by atoms with Crippen LogP contribution in [0, 0.1) is 0 Å². The van der Waals surface area contributed by atoms with Crippen LogP contribution in [0.1, 0.15) is 31.4 Å². The fourth-order valence-corrected chi connectivity index (χ4v) is 2.76. The number of benzene rings is 1. The molecule has 1 atom stereocenters. The average molecular weight is 300 g/mol. The van der Waals surface area contributed by atoms with Crippen LogP contribution in [0.4, 0.5) is 4.79 Å². The second kappa shape index (κ2) is 6.22. The summed E-state index contributed by atoms with van der Waals surface area (Å²) in [5, 5.41) is 0.969. The molecule has 0 radical (unpaired) electrons. The van der Waals surface area contributed by atoms with Gasteiger partial charge in [0, 0.05) is 23.7 Å². The van der Waals surface area contributed by atoms with E-state index in [-0.39, 0.29) is 12.2 Å². The van der Waals surface area contributed by atoms with Crippen LogP contribution in [-0.2, 0) is 4.74 Å². The molecule has 22 heavy (non-hydrogen) atoms. The van der Waals surface area contributed by atoms with Crippen molar-refractivity contribution < 1.29 is 14.3 Å². The minimum absolute atomic E-state index is 0.230. The van der Waals surface area contributed by atoms with Gasteiger partial charge in [0.05, 0.1) is 19.2 Å². The molecule has 0 bridgehead atoms. The maximum Gasteiger partial charge on any atom is 0.410 e. The lowest BCUT2D eigenvalue weighted by molar-refractivity contribution is 0.133. The lowest BCUT2D eigenvalue weighted by Crippen LogP contribution is -2.25. The highest BCUT2D eigenvalue weighted by atomic mass is 16.6. The standard InChI is InChI=1S/C17H20N2O3/c1-3-4-9-19-11-16(22-17(19)20)13-7-8-18-15-6-5-12(21-2)10-14(13)15/h5-8,10,16H,3-4,9,11H2,1-2H3. The topological polar surface area (TPSA) is 51.7 Å². The molecule has 1 aromatic carbocycles. The molecule has 116 valence electrons. The van der Waals surface area contributed by atoms with Crippen molar-refractivity contribution in [3.63, 3.8) is 0 Å². The van der Waals surface area contributed by atoms with Gasteiger partial charge in [-0.15, -0.1) is 0 Å². The van der Waals surface area contributed by atoms with E-state index in [9.17, 15) is 4.79 Å². The Kier molecular flexibility index (Phi) is 4.13. The Balaban J connectivity index is 1.92. The number of rotatable bonds is 5. The van der Waals surface area contributed by atoms with Gasteiger partial charge in [-0.3, -0.25) is 4.98 Å². The van der Waals surface area contributed by atoms with E-state index in [4.69, 9.17) is 9.47 Å². The van der Waals surface area contributed by atoms with E-state index < -0.39 is 0 Å². The molecular weight excluding hydrogens is 280 g/mol. The van der Waals surface area contributed by atoms with Gasteiger partial charge >= 0.3 is 6.09 Å². The van der Waals surface area contributed by atoms with Gasteiger partial charge in [-0.05, 0) is 30.7 Å². The number of hydrogen-bond donors (Lipinski definition) is 0. The Hall–Kier alpha value is -2.30. The van der Waals surface area contributed by atoms with Gasteiger partial charge in [0.15, 0.2) is 0 Å². The SMILES string of the molecule is CCCCN1CC(c2ccnc3ccc(OC)cc23)OC1=O. The zero-order valence-corrected chi connectivity index (χ0v) is 12.9. The molecule has 5 nitrogen and oxygen atoms in total. The predicted octanol–water partition coefficient (Wildman–Crippen LogP) is 3.54. The Morgan fingerprint density at radius 1 is 1.41 bits per heavy atom. The number of amides is 1. The first kappa shape index (κ1) is 14.6.